The molecule has 1 aliphatic rings. The highest BCUT2D eigenvalue weighted by Crippen LogP contribution is 2.22. The first-order valence-electron chi connectivity index (χ1n) is 25.1. The Morgan fingerprint density at radius 2 is 1.09 bits per heavy atom. The maximum Gasteiger partial charge on any atom is 0.326 e. The van der Waals surface area contributed by atoms with Crippen molar-refractivity contribution in [2.75, 3.05) is 6.54 Å². The number of aliphatic carboxylic acids is 3. The molecule has 2 aromatic carbocycles. The van der Waals surface area contributed by atoms with E-state index in [4.69, 9.17) is 0 Å². The molecular formula is C51H74N9O15+. The molecule has 75 heavy (non-hydrogen) atoms. The van der Waals surface area contributed by atoms with Gasteiger partial charge in [-0.15, -0.1) is 0 Å². The lowest BCUT2D eigenvalue weighted by Crippen LogP contribution is -2.70. The number of aromatic hydroxyl groups is 1. The number of benzene rings is 2. The first-order valence-corrected chi connectivity index (χ1v) is 25.1. The average Bonchev–Trinajstić information content (AvgIpc) is 3.85. The standard InChI is InChI=1S/C51H73N9O15/c1-7-28(4)42(59-44(67)30(6)53-46(69)35(19-21-40(62)63)56-45(68)34(52)25-31-12-9-8-10-13-31)50(73)60-23-11-14-39(60)49(72)54-29(5)43(66)55-36(20-22-41(64)65)47(70)57-37(26-32-15-17-33(61)18-16-32)48(71)58-38(51(74)75)24-27(2)3/h8-10,12-13,15-18,27-30,34-39,42,61H,7,11,14,19-26,52H2,1-6H3,(H,53,69)(H,54,72)(H,55,66)(H,56,68)(H,57,70)(H,58,71)(H,59,67)(H,62,63)(H,64,65)(H,74,75)/p+1/t28-,29-,30-,34-,35-,36-,37-,38-,39-,42-/m0/s1. The summed E-state index contributed by atoms with van der Waals surface area (Å²) in [6.07, 6.45) is -0.839. The maximum atomic E-state index is 14.3. The molecule has 8 amide bonds. The number of hydrogen-bond acceptors (Lipinski definition) is 12. The van der Waals surface area contributed by atoms with Crippen LogP contribution >= 0.6 is 0 Å². The Balaban J connectivity index is 1.73. The molecule has 0 spiro atoms. The Morgan fingerprint density at radius 3 is 1.64 bits per heavy atom. The molecule has 1 fully saturated rings. The van der Waals surface area contributed by atoms with Crippen LogP contribution in [0.4, 0.5) is 0 Å². The molecule has 412 valence electrons. The highest BCUT2D eigenvalue weighted by molar-refractivity contribution is 5.98. The molecule has 0 bridgehead atoms. The summed E-state index contributed by atoms with van der Waals surface area (Å²) in [5.74, 6) is -11.0. The van der Waals surface area contributed by atoms with Gasteiger partial charge in [-0.2, -0.15) is 0 Å². The molecule has 14 N–H and O–H groups in total. The van der Waals surface area contributed by atoms with Crippen molar-refractivity contribution in [1.82, 2.24) is 42.1 Å². The number of carboxylic acids is 3. The van der Waals surface area contributed by atoms with Crippen LogP contribution in [0.3, 0.4) is 0 Å². The van der Waals surface area contributed by atoms with E-state index in [9.17, 15) is 73.2 Å². The molecule has 0 saturated carbocycles. The number of carboxylic acid groups (broad SMARTS) is 3. The Bertz CT molecular complexity index is 2330. The summed E-state index contributed by atoms with van der Waals surface area (Å²) in [5.41, 5.74) is 5.15. The van der Waals surface area contributed by atoms with Crippen molar-refractivity contribution >= 4 is 65.2 Å². The van der Waals surface area contributed by atoms with Gasteiger partial charge in [-0.25, -0.2) is 4.79 Å². The number of nitrogens with one attached hydrogen (secondary N) is 7. The minimum atomic E-state index is -1.58. The number of likely N-dealkylation sites (tertiary alicyclic amines) is 1. The molecule has 0 unspecified atom stereocenters. The van der Waals surface area contributed by atoms with Gasteiger partial charge in [0.05, 0.1) is 0 Å². The van der Waals surface area contributed by atoms with E-state index in [1.54, 1.807) is 52.0 Å². The number of hydrogen-bond donors (Lipinski definition) is 12. The lowest BCUT2D eigenvalue weighted by atomic mass is 9.97. The predicted octanol–water partition coefficient (Wildman–Crippen LogP) is -0.881. The summed E-state index contributed by atoms with van der Waals surface area (Å²) in [6.45, 7) is 9.71. The Labute approximate surface area is 435 Å². The van der Waals surface area contributed by atoms with Gasteiger partial charge in [-0.3, -0.25) is 47.9 Å². The first kappa shape index (κ1) is 61.7. The van der Waals surface area contributed by atoms with Gasteiger partial charge in [-0.1, -0.05) is 76.6 Å². The van der Waals surface area contributed by atoms with Gasteiger partial charge in [-0.05, 0) is 81.0 Å². The second kappa shape index (κ2) is 29.9. The lowest BCUT2D eigenvalue weighted by Gasteiger charge is -2.32. The van der Waals surface area contributed by atoms with Crippen LogP contribution in [0.5, 0.6) is 5.75 Å². The zero-order valence-corrected chi connectivity index (χ0v) is 43.3. The van der Waals surface area contributed by atoms with Crippen molar-refractivity contribution in [3.8, 4) is 5.75 Å². The van der Waals surface area contributed by atoms with Crippen LogP contribution in [-0.4, -0.2) is 151 Å². The summed E-state index contributed by atoms with van der Waals surface area (Å²) in [7, 11) is 0. The predicted molar refractivity (Wildman–Crippen MR) is 269 cm³/mol. The molecule has 10 atom stereocenters. The number of quaternary nitrogens is 1. The summed E-state index contributed by atoms with van der Waals surface area (Å²) in [5, 5.41) is 56.0. The monoisotopic (exact) mass is 1050 g/mol. The highest BCUT2D eigenvalue weighted by Gasteiger charge is 2.41. The summed E-state index contributed by atoms with van der Waals surface area (Å²) in [4.78, 5) is 146. The number of phenols is 1. The first-order chi connectivity index (χ1) is 35.3. The number of nitrogens with zero attached hydrogens (tertiary/aromatic N) is 1. The van der Waals surface area contributed by atoms with Gasteiger partial charge in [0.1, 0.15) is 54.1 Å². The van der Waals surface area contributed by atoms with Crippen LogP contribution in [-0.2, 0) is 65.6 Å². The van der Waals surface area contributed by atoms with E-state index in [1.807, 2.05) is 6.07 Å². The van der Waals surface area contributed by atoms with Crippen LogP contribution in [0.1, 0.15) is 104 Å². The number of rotatable bonds is 30. The normalized spacial score (nSPS) is 16.7. The second-order valence-corrected chi connectivity index (χ2v) is 19.4. The van der Waals surface area contributed by atoms with Crippen LogP contribution in [0.2, 0.25) is 0 Å². The molecule has 24 heteroatoms. The minimum absolute atomic E-state index is 0.0585. The van der Waals surface area contributed by atoms with Crippen molar-refractivity contribution in [2.24, 2.45) is 11.8 Å². The fraction of sp³-hybridized carbons (Fsp3) is 0.549. The summed E-state index contributed by atoms with van der Waals surface area (Å²) in [6, 6.07) is 3.12. The van der Waals surface area contributed by atoms with Crippen LogP contribution in [0.15, 0.2) is 54.6 Å². The van der Waals surface area contributed by atoms with E-state index in [-0.39, 0.29) is 50.3 Å². The van der Waals surface area contributed by atoms with Crippen molar-refractivity contribution in [3.63, 3.8) is 0 Å². The van der Waals surface area contributed by atoms with Crippen molar-refractivity contribution in [3.05, 3.63) is 65.7 Å². The number of carbonyl (C=O) groups is 11. The molecule has 0 aliphatic carbocycles. The van der Waals surface area contributed by atoms with Crippen LogP contribution in [0.25, 0.3) is 0 Å². The summed E-state index contributed by atoms with van der Waals surface area (Å²) >= 11 is 0. The number of amides is 8. The van der Waals surface area contributed by atoms with Gasteiger partial charge in [0.25, 0.3) is 5.91 Å². The molecule has 1 heterocycles. The molecule has 3 rings (SSSR count). The van der Waals surface area contributed by atoms with E-state index in [0.29, 0.717) is 18.4 Å². The number of phenolic OH excluding ortho intramolecular Hbond substituents is 1. The molecule has 1 saturated heterocycles. The molecular weight excluding hydrogens is 979 g/mol. The van der Waals surface area contributed by atoms with Gasteiger partial charge in [0.15, 0.2) is 6.04 Å². The maximum absolute atomic E-state index is 14.3. The van der Waals surface area contributed by atoms with E-state index in [1.165, 1.54) is 43.0 Å². The van der Waals surface area contributed by atoms with Crippen LogP contribution in [0, 0.1) is 11.8 Å². The van der Waals surface area contributed by atoms with Crippen molar-refractivity contribution in [2.45, 2.75) is 160 Å². The number of carbonyl (C=O) groups excluding carboxylic acids is 8. The fourth-order valence-electron chi connectivity index (χ4n) is 8.16. The quantitative estimate of drug-likeness (QED) is 0.0452. The lowest BCUT2D eigenvalue weighted by molar-refractivity contribution is -0.403. The third-order valence-electron chi connectivity index (χ3n) is 12.7. The Morgan fingerprint density at radius 1 is 0.600 bits per heavy atom. The molecule has 0 radical (unpaired) electrons. The van der Waals surface area contributed by atoms with Gasteiger partial charge < -0.3 is 68.3 Å². The molecule has 24 nitrogen and oxygen atoms in total. The summed E-state index contributed by atoms with van der Waals surface area (Å²) < 4.78 is 0. The minimum Gasteiger partial charge on any atom is -0.508 e. The second-order valence-electron chi connectivity index (χ2n) is 19.4. The third kappa shape index (κ3) is 20.3. The molecule has 2 aromatic rings. The molecule has 1 aliphatic heterocycles. The van der Waals surface area contributed by atoms with E-state index < -0.39 is 145 Å². The average molecular weight is 1050 g/mol. The van der Waals surface area contributed by atoms with Gasteiger partial charge in [0.2, 0.25) is 41.4 Å². The highest BCUT2D eigenvalue weighted by atomic mass is 16.4. The van der Waals surface area contributed by atoms with Crippen molar-refractivity contribution in [1.29, 1.82) is 0 Å². The molecule has 0 aromatic heterocycles. The fourth-order valence-corrected chi connectivity index (χ4v) is 8.16. The largest absolute Gasteiger partial charge is 0.508 e. The Kier molecular flexibility index (Phi) is 24.6. The zero-order chi connectivity index (χ0) is 56.1. The topological polar surface area (TPSA) is 384 Å². The van der Waals surface area contributed by atoms with E-state index >= 15 is 0 Å². The van der Waals surface area contributed by atoms with Gasteiger partial charge >= 0.3 is 17.9 Å². The van der Waals surface area contributed by atoms with Gasteiger partial charge in [0, 0.05) is 32.2 Å². The van der Waals surface area contributed by atoms with E-state index in [0.717, 1.165) is 5.56 Å². The smallest absolute Gasteiger partial charge is 0.326 e. The van der Waals surface area contributed by atoms with Crippen molar-refractivity contribution < 1.29 is 78.9 Å². The third-order valence-corrected chi connectivity index (χ3v) is 12.7. The van der Waals surface area contributed by atoms with E-state index in [2.05, 4.69) is 43.0 Å². The zero-order valence-electron chi connectivity index (χ0n) is 43.3. The Hall–Kier alpha value is -7.63. The SMILES string of the molecule is CC[C@H](C)[C@H](NC(=O)[C@H](C)NC(=O)[C@H](CCC(=O)O)NC(=O)[C@@H]([NH3+])Cc1ccccc1)C(=O)N1CCC[C@H]1C(=O)N[C@@H](C)C(=O)N[C@@H](CCC(=O)O)C(=O)N[C@@H](Cc1ccc(O)cc1)C(=O)N[C@@H](CC(C)C)C(=O)O. The van der Waals surface area contributed by atoms with Crippen LogP contribution < -0.4 is 43.0 Å².